The summed E-state index contributed by atoms with van der Waals surface area (Å²) in [6.07, 6.45) is 2.14. The number of carbonyl (C=O) groups is 1. The molecule has 0 radical (unpaired) electrons. The lowest BCUT2D eigenvalue weighted by Gasteiger charge is -2.35. The molecule has 1 unspecified atom stereocenters. The van der Waals surface area contributed by atoms with Crippen LogP contribution in [0.3, 0.4) is 0 Å². The third-order valence-corrected chi connectivity index (χ3v) is 3.85. The summed E-state index contributed by atoms with van der Waals surface area (Å²) in [5.41, 5.74) is -0.0394. The molecule has 0 aromatic heterocycles. The first-order valence-electron chi connectivity index (χ1n) is 6.84. The van der Waals surface area contributed by atoms with Crippen molar-refractivity contribution in [1.29, 1.82) is 0 Å². The van der Waals surface area contributed by atoms with E-state index in [1.807, 2.05) is 11.9 Å². The zero-order chi connectivity index (χ0) is 14.7. The summed E-state index contributed by atoms with van der Waals surface area (Å²) >= 11 is 0. The van der Waals surface area contributed by atoms with E-state index in [9.17, 15) is 13.6 Å². The monoisotopic (exact) mass is 282 g/mol. The quantitative estimate of drug-likeness (QED) is 0.791. The number of ketones is 1. The average molecular weight is 282 g/mol. The molecule has 1 aromatic rings. The minimum atomic E-state index is -0.788. The Kier molecular flexibility index (Phi) is 4.83. The van der Waals surface area contributed by atoms with Gasteiger partial charge in [-0.05, 0) is 45.6 Å². The molecule has 1 atom stereocenters. The summed E-state index contributed by atoms with van der Waals surface area (Å²) in [7, 11) is 3.94. The van der Waals surface area contributed by atoms with Gasteiger partial charge in [0.05, 0.1) is 12.1 Å². The zero-order valence-corrected chi connectivity index (χ0v) is 11.9. The molecular weight excluding hydrogens is 262 g/mol. The molecule has 0 N–H and O–H groups in total. The molecular formula is C15H20F2N2O. The molecule has 1 aliphatic heterocycles. The van der Waals surface area contributed by atoms with Crippen LogP contribution in [-0.4, -0.2) is 55.4 Å². The molecule has 1 aromatic carbocycles. The average Bonchev–Trinajstić information content (AvgIpc) is 2.38. The first-order chi connectivity index (χ1) is 9.47. The van der Waals surface area contributed by atoms with Gasteiger partial charge in [0.15, 0.2) is 5.78 Å². The normalized spacial score (nSPS) is 20.4. The maximum atomic E-state index is 13.6. The van der Waals surface area contributed by atoms with Gasteiger partial charge in [-0.15, -0.1) is 0 Å². The van der Waals surface area contributed by atoms with E-state index in [0.29, 0.717) is 6.04 Å². The Labute approximate surface area is 118 Å². The van der Waals surface area contributed by atoms with E-state index < -0.39 is 11.6 Å². The van der Waals surface area contributed by atoms with Gasteiger partial charge in [-0.1, -0.05) is 0 Å². The van der Waals surface area contributed by atoms with E-state index in [-0.39, 0.29) is 17.9 Å². The fourth-order valence-electron chi connectivity index (χ4n) is 2.66. The van der Waals surface area contributed by atoms with Crippen LogP contribution in [0.15, 0.2) is 18.2 Å². The Hall–Kier alpha value is -1.33. The summed E-state index contributed by atoms with van der Waals surface area (Å²) in [6, 6.07) is 3.39. The summed E-state index contributed by atoms with van der Waals surface area (Å²) < 4.78 is 26.4. The lowest BCUT2D eigenvalue weighted by molar-refractivity contribution is 0.0854. The minimum Gasteiger partial charge on any atom is -0.305 e. The summed E-state index contributed by atoms with van der Waals surface area (Å²) in [6.45, 7) is 2.14. The van der Waals surface area contributed by atoms with E-state index in [1.165, 1.54) is 6.07 Å². The van der Waals surface area contributed by atoms with Crippen LogP contribution in [-0.2, 0) is 0 Å². The molecule has 0 amide bonds. The summed E-state index contributed by atoms with van der Waals surface area (Å²) in [4.78, 5) is 16.3. The number of halogens is 2. The number of hydrogen-bond donors (Lipinski definition) is 0. The Morgan fingerprint density at radius 1 is 1.45 bits per heavy atom. The fourth-order valence-corrected chi connectivity index (χ4v) is 2.66. The molecule has 0 saturated carbocycles. The molecule has 0 bridgehead atoms. The Morgan fingerprint density at radius 3 is 2.85 bits per heavy atom. The van der Waals surface area contributed by atoms with Crippen molar-refractivity contribution in [3.05, 3.63) is 35.4 Å². The molecule has 0 aliphatic carbocycles. The lowest BCUT2D eigenvalue weighted by atomic mass is 10.0. The smallest absolute Gasteiger partial charge is 0.179 e. The Bertz CT molecular complexity index is 493. The van der Waals surface area contributed by atoms with Gasteiger partial charge < -0.3 is 4.90 Å². The number of carbonyl (C=O) groups excluding carboxylic acids is 1. The highest BCUT2D eigenvalue weighted by atomic mass is 19.1. The van der Waals surface area contributed by atoms with Gasteiger partial charge in [0, 0.05) is 18.7 Å². The van der Waals surface area contributed by atoms with Crippen LogP contribution in [0.5, 0.6) is 0 Å². The molecule has 5 heteroatoms. The molecule has 1 aliphatic rings. The van der Waals surface area contributed by atoms with E-state index in [2.05, 4.69) is 11.9 Å². The number of benzene rings is 1. The highest BCUT2D eigenvalue weighted by Gasteiger charge is 2.23. The Morgan fingerprint density at radius 2 is 2.20 bits per heavy atom. The van der Waals surface area contributed by atoms with Crippen LogP contribution < -0.4 is 0 Å². The molecule has 2 rings (SSSR count). The number of piperidine rings is 1. The molecule has 0 spiro atoms. The molecule has 3 nitrogen and oxygen atoms in total. The zero-order valence-electron chi connectivity index (χ0n) is 11.9. The van der Waals surface area contributed by atoms with Crippen LogP contribution in [0.25, 0.3) is 0 Å². The van der Waals surface area contributed by atoms with Crippen LogP contribution in [0.2, 0.25) is 0 Å². The predicted octanol–water partition coefficient (Wildman–Crippen LogP) is 2.17. The second-order valence-electron chi connectivity index (χ2n) is 5.52. The van der Waals surface area contributed by atoms with Crippen molar-refractivity contribution >= 4 is 5.78 Å². The third-order valence-electron chi connectivity index (χ3n) is 3.85. The number of Topliss-reactive ketones (excluding diaryl/α,β-unsaturated/α-hetero) is 1. The highest BCUT2D eigenvalue weighted by molar-refractivity contribution is 5.97. The maximum absolute atomic E-state index is 13.6. The van der Waals surface area contributed by atoms with E-state index in [4.69, 9.17) is 0 Å². The Balaban J connectivity index is 1.99. The number of rotatable bonds is 4. The molecule has 20 heavy (non-hydrogen) atoms. The van der Waals surface area contributed by atoms with Crippen molar-refractivity contribution in [1.82, 2.24) is 9.80 Å². The summed E-state index contributed by atoms with van der Waals surface area (Å²) in [5, 5.41) is 0. The summed E-state index contributed by atoms with van der Waals surface area (Å²) in [5.74, 6) is -1.76. The van der Waals surface area contributed by atoms with Crippen molar-refractivity contribution < 1.29 is 13.6 Å². The van der Waals surface area contributed by atoms with Crippen LogP contribution in [0, 0.1) is 11.6 Å². The van der Waals surface area contributed by atoms with Gasteiger partial charge in [0.2, 0.25) is 0 Å². The third kappa shape index (κ3) is 3.61. The van der Waals surface area contributed by atoms with Crippen LogP contribution in [0.4, 0.5) is 8.78 Å². The van der Waals surface area contributed by atoms with Gasteiger partial charge in [-0.2, -0.15) is 0 Å². The first-order valence-corrected chi connectivity index (χ1v) is 6.84. The van der Waals surface area contributed by atoms with Crippen molar-refractivity contribution in [3.63, 3.8) is 0 Å². The number of nitrogens with zero attached hydrogens (tertiary/aromatic N) is 2. The van der Waals surface area contributed by atoms with Gasteiger partial charge in [0.25, 0.3) is 0 Å². The van der Waals surface area contributed by atoms with Crippen molar-refractivity contribution in [2.24, 2.45) is 0 Å². The molecule has 110 valence electrons. The van der Waals surface area contributed by atoms with Crippen molar-refractivity contribution in [2.75, 3.05) is 33.7 Å². The largest absolute Gasteiger partial charge is 0.305 e. The van der Waals surface area contributed by atoms with Gasteiger partial charge in [0.1, 0.15) is 11.6 Å². The lowest BCUT2D eigenvalue weighted by Crippen LogP contribution is -2.46. The predicted molar refractivity (Wildman–Crippen MR) is 73.8 cm³/mol. The fraction of sp³-hybridized carbons (Fsp3) is 0.533. The topological polar surface area (TPSA) is 23.6 Å². The van der Waals surface area contributed by atoms with Gasteiger partial charge in [-0.25, -0.2) is 8.78 Å². The minimum absolute atomic E-state index is 0.0394. The van der Waals surface area contributed by atoms with Gasteiger partial charge in [-0.3, -0.25) is 9.69 Å². The number of likely N-dealkylation sites (N-methyl/N-ethyl adjacent to an activating group) is 2. The highest BCUT2D eigenvalue weighted by Crippen LogP contribution is 2.15. The molecule has 1 heterocycles. The standard InChI is InChI=1S/C15H20F2N2O/c1-18-7-3-4-12(9-18)19(2)10-15(20)13-6-5-11(16)8-14(13)17/h5-6,8,12H,3-4,7,9-10H2,1-2H3. The second kappa shape index (κ2) is 6.41. The number of hydrogen-bond acceptors (Lipinski definition) is 3. The second-order valence-corrected chi connectivity index (χ2v) is 5.52. The van der Waals surface area contributed by atoms with E-state index >= 15 is 0 Å². The number of likely N-dealkylation sites (tertiary alicyclic amines) is 1. The SMILES string of the molecule is CN1CCCC(N(C)CC(=O)c2ccc(F)cc2F)C1. The van der Waals surface area contributed by atoms with Crippen molar-refractivity contribution in [2.45, 2.75) is 18.9 Å². The van der Waals surface area contributed by atoms with Gasteiger partial charge >= 0.3 is 0 Å². The van der Waals surface area contributed by atoms with Crippen LogP contribution in [0.1, 0.15) is 23.2 Å². The van der Waals surface area contributed by atoms with E-state index in [1.54, 1.807) is 0 Å². The van der Waals surface area contributed by atoms with E-state index in [0.717, 1.165) is 38.1 Å². The molecule has 1 fully saturated rings. The van der Waals surface area contributed by atoms with Crippen molar-refractivity contribution in [3.8, 4) is 0 Å². The maximum Gasteiger partial charge on any atom is 0.179 e. The molecule has 1 saturated heterocycles. The van der Waals surface area contributed by atoms with Crippen LogP contribution >= 0.6 is 0 Å². The first kappa shape index (κ1) is 15.1.